The number of amides is 1. The summed E-state index contributed by atoms with van der Waals surface area (Å²) in [6, 6.07) is 10.2. The minimum absolute atomic E-state index is 0.210. The zero-order chi connectivity index (χ0) is 14.4. The van der Waals surface area contributed by atoms with Crippen molar-refractivity contribution in [1.29, 1.82) is 0 Å². The highest BCUT2D eigenvalue weighted by Crippen LogP contribution is 2.29. The number of hydrogen-bond donors (Lipinski definition) is 1. The zero-order valence-corrected chi connectivity index (χ0v) is 12.4. The molecule has 0 spiro atoms. The summed E-state index contributed by atoms with van der Waals surface area (Å²) >= 11 is 0. The van der Waals surface area contributed by atoms with Crippen LogP contribution in [0, 0.1) is 11.8 Å². The highest BCUT2D eigenvalue weighted by molar-refractivity contribution is 5.79. The molecule has 2 rings (SSSR count). The number of hydrogen-bond acceptors (Lipinski definition) is 2. The fourth-order valence-electron chi connectivity index (χ4n) is 2.99. The highest BCUT2D eigenvalue weighted by atomic mass is 16.2. The molecular weight excluding hydrogens is 248 g/mol. The van der Waals surface area contributed by atoms with E-state index in [0.717, 1.165) is 18.8 Å². The molecule has 0 heterocycles. The highest BCUT2D eigenvalue weighted by Gasteiger charge is 2.27. The van der Waals surface area contributed by atoms with E-state index in [-0.39, 0.29) is 5.92 Å². The van der Waals surface area contributed by atoms with Gasteiger partial charge in [0.15, 0.2) is 0 Å². The van der Waals surface area contributed by atoms with Crippen LogP contribution in [-0.4, -0.2) is 23.9 Å². The molecule has 1 amide bonds. The van der Waals surface area contributed by atoms with Gasteiger partial charge in [-0.15, -0.1) is 0 Å². The predicted octanol–water partition coefficient (Wildman–Crippen LogP) is 2.80. The quantitative estimate of drug-likeness (QED) is 0.897. The normalized spacial score (nSPS) is 22.5. The Balaban J connectivity index is 1.98. The monoisotopic (exact) mass is 274 g/mol. The number of rotatable bonds is 5. The molecule has 0 radical (unpaired) electrons. The third kappa shape index (κ3) is 4.07. The van der Waals surface area contributed by atoms with E-state index in [1.807, 2.05) is 23.1 Å². The van der Waals surface area contributed by atoms with E-state index in [0.29, 0.717) is 25.5 Å². The molecule has 2 N–H and O–H groups in total. The first-order valence-electron chi connectivity index (χ1n) is 7.73. The fourth-order valence-corrected chi connectivity index (χ4v) is 2.99. The van der Waals surface area contributed by atoms with Gasteiger partial charge in [0.05, 0.1) is 0 Å². The fraction of sp³-hybridized carbons (Fsp3) is 0.588. The van der Waals surface area contributed by atoms with Crippen molar-refractivity contribution in [2.75, 3.05) is 13.1 Å². The minimum Gasteiger partial charge on any atom is -0.337 e. The van der Waals surface area contributed by atoms with E-state index in [4.69, 9.17) is 5.73 Å². The molecule has 1 aromatic rings. The van der Waals surface area contributed by atoms with Crippen LogP contribution in [0.4, 0.5) is 0 Å². The Labute approximate surface area is 122 Å². The van der Waals surface area contributed by atoms with Gasteiger partial charge in [-0.2, -0.15) is 0 Å². The van der Waals surface area contributed by atoms with E-state index in [2.05, 4.69) is 19.1 Å². The molecule has 20 heavy (non-hydrogen) atoms. The molecule has 1 fully saturated rings. The lowest BCUT2D eigenvalue weighted by Crippen LogP contribution is -2.40. The number of carbonyl (C=O) groups excluding carboxylic acids is 1. The number of carbonyl (C=O) groups is 1. The topological polar surface area (TPSA) is 46.3 Å². The second-order valence-electron chi connectivity index (χ2n) is 5.99. The van der Waals surface area contributed by atoms with Crippen LogP contribution in [0.15, 0.2) is 30.3 Å². The van der Waals surface area contributed by atoms with Gasteiger partial charge in [0.25, 0.3) is 0 Å². The van der Waals surface area contributed by atoms with Crippen LogP contribution >= 0.6 is 0 Å². The van der Waals surface area contributed by atoms with Gasteiger partial charge in [-0.25, -0.2) is 0 Å². The largest absolute Gasteiger partial charge is 0.337 e. The minimum atomic E-state index is 0.210. The van der Waals surface area contributed by atoms with Gasteiger partial charge in [0.1, 0.15) is 0 Å². The van der Waals surface area contributed by atoms with E-state index in [1.54, 1.807) is 0 Å². The van der Waals surface area contributed by atoms with Crippen molar-refractivity contribution in [2.45, 2.75) is 39.2 Å². The summed E-state index contributed by atoms with van der Waals surface area (Å²) in [5.74, 6) is 1.28. The molecule has 0 aliphatic heterocycles. The van der Waals surface area contributed by atoms with E-state index in [9.17, 15) is 4.79 Å². The lowest BCUT2D eigenvalue weighted by atomic mass is 9.82. The van der Waals surface area contributed by atoms with Crippen molar-refractivity contribution in [2.24, 2.45) is 17.6 Å². The third-order valence-electron chi connectivity index (χ3n) is 4.29. The lowest BCUT2D eigenvalue weighted by molar-refractivity contribution is -0.137. The number of benzene rings is 1. The van der Waals surface area contributed by atoms with Gasteiger partial charge in [-0.1, -0.05) is 37.3 Å². The molecule has 3 nitrogen and oxygen atoms in total. The first kappa shape index (κ1) is 15.0. The van der Waals surface area contributed by atoms with Gasteiger partial charge in [0, 0.05) is 25.6 Å². The predicted molar refractivity (Wildman–Crippen MR) is 82.0 cm³/mol. The van der Waals surface area contributed by atoms with Gasteiger partial charge in [-0.05, 0) is 37.2 Å². The van der Waals surface area contributed by atoms with Crippen LogP contribution < -0.4 is 5.73 Å². The average molecular weight is 274 g/mol. The van der Waals surface area contributed by atoms with E-state index in [1.165, 1.54) is 18.4 Å². The Morgan fingerprint density at radius 3 is 2.45 bits per heavy atom. The zero-order valence-electron chi connectivity index (χ0n) is 12.4. The number of nitrogens with zero attached hydrogens (tertiary/aromatic N) is 1. The van der Waals surface area contributed by atoms with Gasteiger partial charge in [-0.3, -0.25) is 4.79 Å². The molecule has 0 saturated heterocycles. The van der Waals surface area contributed by atoms with Gasteiger partial charge >= 0.3 is 0 Å². The van der Waals surface area contributed by atoms with Gasteiger partial charge in [0.2, 0.25) is 5.91 Å². The van der Waals surface area contributed by atoms with Crippen LogP contribution in [0.5, 0.6) is 0 Å². The molecular formula is C17H26N2O. The maximum atomic E-state index is 12.7. The molecule has 1 aromatic carbocycles. The molecule has 0 atom stereocenters. The Morgan fingerprint density at radius 1 is 1.20 bits per heavy atom. The summed E-state index contributed by atoms with van der Waals surface area (Å²) in [4.78, 5) is 14.6. The van der Waals surface area contributed by atoms with Crippen molar-refractivity contribution < 1.29 is 4.79 Å². The molecule has 0 unspecified atom stereocenters. The Hall–Kier alpha value is -1.35. The third-order valence-corrected chi connectivity index (χ3v) is 4.29. The molecule has 3 heteroatoms. The summed E-state index contributed by atoms with van der Waals surface area (Å²) in [6.07, 6.45) is 4.43. The Kier molecular flexibility index (Phi) is 5.60. The van der Waals surface area contributed by atoms with Crippen LogP contribution in [0.2, 0.25) is 0 Å². The smallest absolute Gasteiger partial charge is 0.226 e. The summed E-state index contributed by atoms with van der Waals surface area (Å²) in [5, 5.41) is 0. The first-order valence-corrected chi connectivity index (χ1v) is 7.73. The summed E-state index contributed by atoms with van der Waals surface area (Å²) in [6.45, 7) is 4.15. The van der Waals surface area contributed by atoms with Crippen molar-refractivity contribution in [3.63, 3.8) is 0 Å². The van der Waals surface area contributed by atoms with Crippen LogP contribution in [0.1, 0.15) is 38.2 Å². The van der Waals surface area contributed by atoms with Crippen molar-refractivity contribution in [3.8, 4) is 0 Å². The second-order valence-corrected chi connectivity index (χ2v) is 5.99. The standard InChI is InChI=1S/C17H26N2O/c1-14-7-9-16(10-8-14)17(20)19(12-11-18)13-15-5-3-2-4-6-15/h2-6,14,16H,7-13,18H2,1H3. The van der Waals surface area contributed by atoms with Crippen molar-refractivity contribution >= 4 is 5.91 Å². The van der Waals surface area contributed by atoms with Crippen molar-refractivity contribution in [3.05, 3.63) is 35.9 Å². The summed E-state index contributed by atoms with van der Waals surface area (Å²) in [7, 11) is 0. The van der Waals surface area contributed by atoms with E-state index < -0.39 is 0 Å². The summed E-state index contributed by atoms with van der Waals surface area (Å²) in [5.41, 5.74) is 6.86. The van der Waals surface area contributed by atoms with Crippen LogP contribution in [0.25, 0.3) is 0 Å². The maximum Gasteiger partial charge on any atom is 0.226 e. The molecule has 110 valence electrons. The molecule has 1 aliphatic rings. The Morgan fingerprint density at radius 2 is 1.85 bits per heavy atom. The molecule has 0 bridgehead atoms. The number of nitrogens with two attached hydrogens (primary N) is 1. The van der Waals surface area contributed by atoms with Crippen LogP contribution in [0.3, 0.4) is 0 Å². The SMILES string of the molecule is CC1CCC(C(=O)N(CCN)Cc2ccccc2)CC1. The second kappa shape index (κ2) is 7.44. The molecule has 1 aliphatic carbocycles. The van der Waals surface area contributed by atoms with Crippen LogP contribution in [-0.2, 0) is 11.3 Å². The molecule has 1 saturated carbocycles. The molecule has 0 aromatic heterocycles. The van der Waals surface area contributed by atoms with E-state index >= 15 is 0 Å². The summed E-state index contributed by atoms with van der Waals surface area (Å²) < 4.78 is 0. The lowest BCUT2D eigenvalue weighted by Gasteiger charge is -2.31. The van der Waals surface area contributed by atoms with Crippen molar-refractivity contribution in [1.82, 2.24) is 4.90 Å². The van der Waals surface area contributed by atoms with Gasteiger partial charge < -0.3 is 10.6 Å². The maximum absolute atomic E-state index is 12.7. The average Bonchev–Trinajstić information content (AvgIpc) is 2.48. The first-order chi connectivity index (χ1) is 9.70. The Bertz CT molecular complexity index is 410.